The minimum atomic E-state index is 0.323. The Labute approximate surface area is 113 Å². The number of hydrogen-bond acceptors (Lipinski definition) is 3. The molecule has 2 N–H and O–H groups in total. The Morgan fingerprint density at radius 3 is 2.58 bits per heavy atom. The van der Waals surface area contributed by atoms with Gasteiger partial charge in [0.05, 0.1) is 7.11 Å². The molecular weight excluding hydrogens is 238 g/mol. The summed E-state index contributed by atoms with van der Waals surface area (Å²) in [5.74, 6) is 1.20. The molecule has 19 heavy (non-hydrogen) atoms. The highest BCUT2D eigenvalue weighted by atomic mass is 16.5. The molecule has 0 atom stereocenters. The molecule has 0 unspecified atom stereocenters. The minimum Gasteiger partial charge on any atom is -0.508 e. The highest BCUT2D eigenvalue weighted by molar-refractivity contribution is 5.51. The van der Waals surface area contributed by atoms with Gasteiger partial charge in [-0.05, 0) is 43.7 Å². The van der Waals surface area contributed by atoms with Crippen molar-refractivity contribution in [3.05, 3.63) is 53.1 Å². The number of aryl methyl sites for hydroxylation is 2. The minimum absolute atomic E-state index is 0.323. The van der Waals surface area contributed by atoms with E-state index >= 15 is 0 Å². The van der Waals surface area contributed by atoms with Crippen LogP contribution in [0.1, 0.15) is 16.7 Å². The van der Waals surface area contributed by atoms with Gasteiger partial charge in [0.15, 0.2) is 0 Å². The highest BCUT2D eigenvalue weighted by Gasteiger charge is 2.03. The molecule has 0 saturated carbocycles. The summed E-state index contributed by atoms with van der Waals surface area (Å²) in [6, 6.07) is 11.6. The largest absolute Gasteiger partial charge is 0.508 e. The number of rotatable bonds is 4. The van der Waals surface area contributed by atoms with E-state index in [0.29, 0.717) is 12.3 Å². The van der Waals surface area contributed by atoms with E-state index in [-0.39, 0.29) is 0 Å². The number of benzene rings is 2. The second-order valence-electron chi connectivity index (χ2n) is 4.67. The van der Waals surface area contributed by atoms with Gasteiger partial charge >= 0.3 is 0 Å². The van der Waals surface area contributed by atoms with E-state index < -0.39 is 0 Å². The molecule has 2 aromatic rings. The van der Waals surface area contributed by atoms with Crippen LogP contribution in [0.15, 0.2) is 36.4 Å². The first-order valence-corrected chi connectivity index (χ1v) is 6.27. The van der Waals surface area contributed by atoms with Gasteiger partial charge in [0, 0.05) is 17.8 Å². The van der Waals surface area contributed by atoms with Crippen LogP contribution in [0.2, 0.25) is 0 Å². The van der Waals surface area contributed by atoms with Crippen molar-refractivity contribution in [3.63, 3.8) is 0 Å². The van der Waals surface area contributed by atoms with E-state index in [1.807, 2.05) is 44.2 Å². The van der Waals surface area contributed by atoms with E-state index in [1.165, 1.54) is 0 Å². The molecule has 3 heteroatoms. The molecule has 0 aliphatic carbocycles. The summed E-state index contributed by atoms with van der Waals surface area (Å²) >= 11 is 0. The number of phenols is 1. The summed E-state index contributed by atoms with van der Waals surface area (Å²) in [5, 5.41) is 13.1. The fraction of sp³-hybridized carbons (Fsp3) is 0.250. The quantitative estimate of drug-likeness (QED) is 0.878. The van der Waals surface area contributed by atoms with E-state index in [9.17, 15) is 5.11 Å². The van der Waals surface area contributed by atoms with E-state index in [4.69, 9.17) is 4.74 Å². The van der Waals surface area contributed by atoms with Crippen molar-refractivity contribution in [3.8, 4) is 11.5 Å². The Hall–Kier alpha value is -2.16. The average Bonchev–Trinajstić information content (AvgIpc) is 2.40. The molecule has 0 radical (unpaired) electrons. The second kappa shape index (κ2) is 5.65. The summed E-state index contributed by atoms with van der Waals surface area (Å²) < 4.78 is 5.23. The van der Waals surface area contributed by atoms with Crippen molar-refractivity contribution in [2.75, 3.05) is 12.4 Å². The van der Waals surface area contributed by atoms with Crippen LogP contribution in [-0.4, -0.2) is 12.2 Å². The molecule has 0 aliphatic heterocycles. The monoisotopic (exact) mass is 257 g/mol. The van der Waals surface area contributed by atoms with Crippen molar-refractivity contribution in [1.29, 1.82) is 0 Å². The van der Waals surface area contributed by atoms with Gasteiger partial charge in [-0.3, -0.25) is 0 Å². The van der Waals surface area contributed by atoms with Crippen molar-refractivity contribution < 1.29 is 9.84 Å². The number of ether oxygens (including phenoxy) is 1. The van der Waals surface area contributed by atoms with Crippen LogP contribution in [0.5, 0.6) is 11.5 Å². The topological polar surface area (TPSA) is 41.5 Å². The predicted octanol–water partition coefficient (Wildman–Crippen LogP) is 3.63. The lowest BCUT2D eigenvalue weighted by molar-refractivity contribution is 0.412. The summed E-state index contributed by atoms with van der Waals surface area (Å²) in [4.78, 5) is 0. The predicted molar refractivity (Wildman–Crippen MR) is 77.9 cm³/mol. The number of hydrogen-bond donors (Lipinski definition) is 2. The first-order chi connectivity index (χ1) is 9.10. The third-order valence-corrected chi connectivity index (χ3v) is 3.11. The molecule has 100 valence electrons. The standard InChI is InChI=1S/C16H19NO2/c1-11-4-6-15(18)13(8-11)10-17-14-5-7-16(19-3)12(2)9-14/h4-9,17-18H,10H2,1-3H3. The van der Waals surface area contributed by atoms with E-state index in [2.05, 4.69) is 5.32 Å². The molecule has 0 aromatic heterocycles. The van der Waals surface area contributed by atoms with Gasteiger partial charge in [-0.2, -0.15) is 0 Å². The van der Waals surface area contributed by atoms with Crippen LogP contribution in [0.25, 0.3) is 0 Å². The third kappa shape index (κ3) is 3.19. The number of anilines is 1. The van der Waals surface area contributed by atoms with Gasteiger partial charge in [-0.25, -0.2) is 0 Å². The molecule has 0 heterocycles. The smallest absolute Gasteiger partial charge is 0.121 e. The Kier molecular flexibility index (Phi) is 3.95. The van der Waals surface area contributed by atoms with Crippen LogP contribution in [0, 0.1) is 13.8 Å². The van der Waals surface area contributed by atoms with Crippen LogP contribution in [0.3, 0.4) is 0 Å². The third-order valence-electron chi connectivity index (χ3n) is 3.11. The zero-order valence-electron chi connectivity index (χ0n) is 11.5. The van der Waals surface area contributed by atoms with Crippen molar-refractivity contribution in [1.82, 2.24) is 0 Å². The molecule has 0 amide bonds. The van der Waals surface area contributed by atoms with E-state index in [1.54, 1.807) is 13.2 Å². The molecule has 0 aliphatic rings. The summed E-state index contributed by atoms with van der Waals surface area (Å²) in [6.07, 6.45) is 0. The first kappa shape index (κ1) is 13.3. The number of nitrogens with one attached hydrogen (secondary N) is 1. The van der Waals surface area contributed by atoms with Gasteiger partial charge in [0.25, 0.3) is 0 Å². The van der Waals surface area contributed by atoms with Gasteiger partial charge in [-0.1, -0.05) is 17.7 Å². The maximum absolute atomic E-state index is 9.79. The summed E-state index contributed by atoms with van der Waals surface area (Å²) in [6.45, 7) is 4.62. The van der Waals surface area contributed by atoms with Gasteiger partial charge in [0.1, 0.15) is 11.5 Å². The maximum atomic E-state index is 9.79. The molecule has 0 bridgehead atoms. The molecule has 0 spiro atoms. The van der Waals surface area contributed by atoms with Crippen LogP contribution in [-0.2, 0) is 6.54 Å². The Bertz CT molecular complexity index is 579. The lowest BCUT2D eigenvalue weighted by atomic mass is 10.1. The fourth-order valence-electron chi connectivity index (χ4n) is 2.04. The van der Waals surface area contributed by atoms with Gasteiger partial charge in [0.2, 0.25) is 0 Å². The van der Waals surface area contributed by atoms with Crippen molar-refractivity contribution in [2.24, 2.45) is 0 Å². The molecule has 3 nitrogen and oxygen atoms in total. The Balaban J connectivity index is 2.10. The Morgan fingerprint density at radius 1 is 1.11 bits per heavy atom. The van der Waals surface area contributed by atoms with Gasteiger partial charge < -0.3 is 15.2 Å². The lowest BCUT2D eigenvalue weighted by Gasteiger charge is -2.11. The number of aromatic hydroxyl groups is 1. The van der Waals surface area contributed by atoms with E-state index in [0.717, 1.165) is 28.1 Å². The number of phenolic OH excluding ortho intramolecular Hbond substituents is 1. The average molecular weight is 257 g/mol. The Morgan fingerprint density at radius 2 is 1.89 bits per heavy atom. The normalized spacial score (nSPS) is 10.3. The molecule has 2 aromatic carbocycles. The SMILES string of the molecule is COc1ccc(NCc2cc(C)ccc2O)cc1C. The zero-order chi connectivity index (χ0) is 13.8. The van der Waals surface area contributed by atoms with Crippen molar-refractivity contribution >= 4 is 5.69 Å². The lowest BCUT2D eigenvalue weighted by Crippen LogP contribution is -2.00. The zero-order valence-corrected chi connectivity index (χ0v) is 11.5. The first-order valence-electron chi connectivity index (χ1n) is 6.27. The van der Waals surface area contributed by atoms with Crippen LogP contribution >= 0.6 is 0 Å². The fourth-order valence-corrected chi connectivity index (χ4v) is 2.04. The maximum Gasteiger partial charge on any atom is 0.121 e. The van der Waals surface area contributed by atoms with Crippen LogP contribution in [0.4, 0.5) is 5.69 Å². The molecular formula is C16H19NO2. The molecule has 2 rings (SSSR count). The molecule has 0 fully saturated rings. The summed E-state index contributed by atoms with van der Waals surface area (Å²) in [5.41, 5.74) is 4.13. The van der Waals surface area contributed by atoms with Gasteiger partial charge in [-0.15, -0.1) is 0 Å². The van der Waals surface area contributed by atoms with Crippen LogP contribution < -0.4 is 10.1 Å². The number of methoxy groups -OCH3 is 1. The second-order valence-corrected chi connectivity index (χ2v) is 4.67. The van der Waals surface area contributed by atoms with Crippen molar-refractivity contribution in [2.45, 2.75) is 20.4 Å². The highest BCUT2D eigenvalue weighted by Crippen LogP contribution is 2.23. The molecule has 0 saturated heterocycles. The summed E-state index contributed by atoms with van der Waals surface area (Å²) in [7, 11) is 1.67.